The third-order valence-corrected chi connectivity index (χ3v) is 2.67. The van der Waals surface area contributed by atoms with E-state index in [1.54, 1.807) is 0 Å². The van der Waals surface area contributed by atoms with E-state index in [2.05, 4.69) is 27.8 Å². The van der Waals surface area contributed by atoms with Gasteiger partial charge < -0.3 is 15.1 Å². The van der Waals surface area contributed by atoms with Gasteiger partial charge in [0.2, 0.25) is 5.89 Å². The van der Waals surface area contributed by atoms with Gasteiger partial charge in [-0.25, -0.2) is 0 Å². The van der Waals surface area contributed by atoms with Crippen LogP contribution in [0.3, 0.4) is 0 Å². The summed E-state index contributed by atoms with van der Waals surface area (Å²) in [6, 6.07) is 0.209. The topological polar surface area (TPSA) is 63.0 Å². The number of aromatic nitrogens is 2. The van der Waals surface area contributed by atoms with Gasteiger partial charge in [0.05, 0.1) is 6.04 Å². The maximum Gasteiger partial charge on any atom is 0.389 e. The van der Waals surface area contributed by atoms with Crippen LogP contribution >= 0.6 is 0 Å². The van der Waals surface area contributed by atoms with Gasteiger partial charge in [-0.3, -0.25) is 0 Å². The lowest BCUT2D eigenvalue weighted by atomic mass is 10.2. The summed E-state index contributed by atoms with van der Waals surface area (Å²) in [7, 11) is 0. The fourth-order valence-corrected chi connectivity index (χ4v) is 1.57. The zero-order valence-corrected chi connectivity index (χ0v) is 11.8. The lowest BCUT2D eigenvalue weighted by Gasteiger charge is -2.07. The quantitative estimate of drug-likeness (QED) is 0.684. The SMILES string of the molecule is CCCNC(C)c1nnc(NCCCCC(F)(F)F)o1. The van der Waals surface area contributed by atoms with Gasteiger partial charge in [-0.15, -0.1) is 5.10 Å². The van der Waals surface area contributed by atoms with Gasteiger partial charge in [-0.1, -0.05) is 12.0 Å². The Kier molecular flexibility index (Phi) is 6.77. The molecule has 0 aliphatic heterocycles. The summed E-state index contributed by atoms with van der Waals surface area (Å²) < 4.78 is 41.2. The highest BCUT2D eigenvalue weighted by molar-refractivity contribution is 5.16. The molecule has 0 aromatic carbocycles. The van der Waals surface area contributed by atoms with Crippen LogP contribution in [0.15, 0.2) is 4.42 Å². The number of hydrogen-bond acceptors (Lipinski definition) is 5. The molecule has 0 fully saturated rings. The van der Waals surface area contributed by atoms with E-state index in [0.29, 0.717) is 18.9 Å². The van der Waals surface area contributed by atoms with E-state index in [0.717, 1.165) is 13.0 Å². The number of unbranched alkanes of at least 4 members (excludes halogenated alkanes) is 1. The van der Waals surface area contributed by atoms with Crippen LogP contribution in [0.2, 0.25) is 0 Å². The molecule has 1 heterocycles. The first kappa shape index (κ1) is 16.7. The van der Waals surface area contributed by atoms with Crippen LogP contribution in [-0.4, -0.2) is 29.5 Å². The van der Waals surface area contributed by atoms with Crippen molar-refractivity contribution in [1.82, 2.24) is 15.5 Å². The van der Waals surface area contributed by atoms with Crippen LogP contribution in [0.1, 0.15) is 51.5 Å². The number of alkyl halides is 3. The fourth-order valence-electron chi connectivity index (χ4n) is 1.57. The van der Waals surface area contributed by atoms with Crippen molar-refractivity contribution in [2.45, 2.75) is 51.7 Å². The molecule has 0 saturated heterocycles. The van der Waals surface area contributed by atoms with Crippen molar-refractivity contribution in [2.24, 2.45) is 0 Å². The van der Waals surface area contributed by atoms with Crippen LogP contribution < -0.4 is 10.6 Å². The highest BCUT2D eigenvalue weighted by Gasteiger charge is 2.25. The van der Waals surface area contributed by atoms with Crippen molar-refractivity contribution in [3.05, 3.63) is 5.89 Å². The van der Waals surface area contributed by atoms with Crippen molar-refractivity contribution in [3.8, 4) is 0 Å². The highest BCUT2D eigenvalue weighted by atomic mass is 19.4. The molecule has 5 nitrogen and oxygen atoms in total. The molecular weight excluding hydrogens is 273 g/mol. The third-order valence-electron chi connectivity index (χ3n) is 2.67. The van der Waals surface area contributed by atoms with Crippen molar-refractivity contribution < 1.29 is 17.6 Å². The second-order valence-electron chi connectivity index (χ2n) is 4.62. The van der Waals surface area contributed by atoms with E-state index < -0.39 is 12.6 Å². The lowest BCUT2D eigenvalue weighted by molar-refractivity contribution is -0.135. The maximum atomic E-state index is 11.9. The number of nitrogens with zero attached hydrogens (tertiary/aromatic N) is 2. The summed E-state index contributed by atoms with van der Waals surface area (Å²) in [4.78, 5) is 0. The van der Waals surface area contributed by atoms with E-state index in [-0.39, 0.29) is 18.5 Å². The van der Waals surface area contributed by atoms with Crippen LogP contribution in [0, 0.1) is 0 Å². The van der Waals surface area contributed by atoms with E-state index in [1.165, 1.54) is 0 Å². The van der Waals surface area contributed by atoms with Crippen LogP contribution in [0.4, 0.5) is 19.2 Å². The molecule has 1 aromatic heterocycles. The second-order valence-corrected chi connectivity index (χ2v) is 4.62. The van der Waals surface area contributed by atoms with Gasteiger partial charge >= 0.3 is 12.2 Å². The zero-order chi connectivity index (χ0) is 15.0. The Hall–Kier alpha value is -1.31. The summed E-state index contributed by atoms with van der Waals surface area (Å²) >= 11 is 0. The van der Waals surface area contributed by atoms with Gasteiger partial charge in [0.25, 0.3) is 0 Å². The van der Waals surface area contributed by atoms with Gasteiger partial charge in [-0.2, -0.15) is 13.2 Å². The molecule has 1 rings (SSSR count). The van der Waals surface area contributed by atoms with Gasteiger partial charge in [-0.05, 0) is 32.7 Å². The Morgan fingerprint density at radius 2 is 1.95 bits per heavy atom. The minimum Gasteiger partial charge on any atom is -0.406 e. The molecule has 0 aliphatic carbocycles. The molecule has 1 unspecified atom stereocenters. The van der Waals surface area contributed by atoms with E-state index in [1.807, 2.05) is 6.92 Å². The maximum absolute atomic E-state index is 11.9. The molecule has 8 heteroatoms. The van der Waals surface area contributed by atoms with Gasteiger partial charge in [0, 0.05) is 13.0 Å². The van der Waals surface area contributed by atoms with Gasteiger partial charge in [0.1, 0.15) is 0 Å². The first-order valence-corrected chi connectivity index (χ1v) is 6.79. The van der Waals surface area contributed by atoms with Crippen LogP contribution in [0.25, 0.3) is 0 Å². The molecule has 0 radical (unpaired) electrons. The van der Waals surface area contributed by atoms with E-state index in [9.17, 15) is 13.2 Å². The summed E-state index contributed by atoms with van der Waals surface area (Å²) in [5.74, 6) is 0.469. The molecule has 20 heavy (non-hydrogen) atoms. The summed E-state index contributed by atoms with van der Waals surface area (Å²) in [5.41, 5.74) is 0. The second kappa shape index (κ2) is 8.08. The van der Waals surface area contributed by atoms with Crippen molar-refractivity contribution in [2.75, 3.05) is 18.4 Å². The van der Waals surface area contributed by atoms with Crippen molar-refractivity contribution >= 4 is 6.01 Å². The molecule has 0 saturated carbocycles. The number of halogens is 3. The number of rotatable bonds is 9. The predicted octanol–water partition coefficient (Wildman–Crippen LogP) is 3.27. The summed E-state index contributed by atoms with van der Waals surface area (Å²) in [6.07, 6.45) is -3.35. The average molecular weight is 294 g/mol. The van der Waals surface area contributed by atoms with Crippen molar-refractivity contribution in [1.29, 1.82) is 0 Å². The van der Waals surface area contributed by atoms with Gasteiger partial charge in [0.15, 0.2) is 0 Å². The third kappa shape index (κ3) is 6.74. The fraction of sp³-hybridized carbons (Fsp3) is 0.833. The normalized spacial score (nSPS) is 13.4. The Bertz CT molecular complexity index is 381. The zero-order valence-electron chi connectivity index (χ0n) is 11.8. The largest absolute Gasteiger partial charge is 0.406 e. The average Bonchev–Trinajstić information content (AvgIpc) is 2.83. The van der Waals surface area contributed by atoms with E-state index in [4.69, 9.17) is 4.42 Å². The van der Waals surface area contributed by atoms with E-state index >= 15 is 0 Å². The lowest BCUT2D eigenvalue weighted by Crippen LogP contribution is -2.19. The molecular formula is C12H21F3N4O. The standard InChI is InChI=1S/C12H21F3N4O/c1-3-7-16-9(2)10-18-19-11(20-10)17-8-5-4-6-12(13,14)15/h9,16H,3-8H2,1-2H3,(H,17,19). The summed E-state index contributed by atoms with van der Waals surface area (Å²) in [5, 5.41) is 13.7. The number of anilines is 1. The molecule has 0 spiro atoms. The molecule has 1 atom stereocenters. The minimum atomic E-state index is -4.09. The smallest absolute Gasteiger partial charge is 0.389 e. The Labute approximate surface area is 116 Å². The monoisotopic (exact) mass is 294 g/mol. The molecule has 0 amide bonds. The Balaban J connectivity index is 2.23. The molecule has 116 valence electrons. The predicted molar refractivity (Wildman–Crippen MR) is 69.4 cm³/mol. The first-order chi connectivity index (χ1) is 9.42. The number of hydrogen-bond donors (Lipinski definition) is 2. The summed E-state index contributed by atoms with van der Waals surface area (Å²) in [6.45, 7) is 5.20. The Morgan fingerprint density at radius 3 is 2.60 bits per heavy atom. The molecule has 0 aliphatic rings. The van der Waals surface area contributed by atoms with Crippen LogP contribution in [0.5, 0.6) is 0 Å². The highest BCUT2D eigenvalue weighted by Crippen LogP contribution is 2.22. The molecule has 0 bridgehead atoms. The molecule has 2 N–H and O–H groups in total. The van der Waals surface area contributed by atoms with Crippen LogP contribution in [-0.2, 0) is 0 Å². The minimum absolute atomic E-state index is 0.0387. The first-order valence-electron chi connectivity index (χ1n) is 6.79. The van der Waals surface area contributed by atoms with Crippen molar-refractivity contribution in [3.63, 3.8) is 0 Å². The Morgan fingerprint density at radius 1 is 1.20 bits per heavy atom. The number of nitrogens with one attached hydrogen (secondary N) is 2. The molecule has 1 aromatic rings.